The lowest BCUT2D eigenvalue weighted by molar-refractivity contribution is -0.140. The Morgan fingerprint density at radius 3 is 2.53 bits per heavy atom. The van der Waals surface area contributed by atoms with Gasteiger partial charge in [-0.25, -0.2) is 4.98 Å². The number of carbonyl (C=O) groups is 1. The standard InChI is InChI=1S/C26H32N2O2/c1-4-5-6-8-11-20-14-15-24-23(16-20)22(21-12-9-7-10-13-21)17-25(27-24)28(3)18-19(2)26(29)30/h7,9-10,12-17,19H,4-6,8,11,18H2,1-3H3,(H,29,30). The predicted molar refractivity (Wildman–Crippen MR) is 125 cm³/mol. The number of aliphatic carboxylic acids is 1. The molecule has 0 bridgehead atoms. The summed E-state index contributed by atoms with van der Waals surface area (Å²) in [4.78, 5) is 18.1. The SMILES string of the molecule is CCCCCCc1ccc2nc(N(C)CC(C)C(=O)O)cc(-c3ccccc3)c2c1. The Balaban J connectivity index is 2.00. The summed E-state index contributed by atoms with van der Waals surface area (Å²) >= 11 is 0. The fourth-order valence-electron chi connectivity index (χ4n) is 3.80. The molecule has 1 N–H and O–H groups in total. The minimum Gasteiger partial charge on any atom is -0.481 e. The van der Waals surface area contributed by atoms with Gasteiger partial charge < -0.3 is 10.0 Å². The molecule has 4 nitrogen and oxygen atoms in total. The molecule has 2 aromatic carbocycles. The molecule has 0 saturated carbocycles. The van der Waals surface area contributed by atoms with Crippen molar-refractivity contribution in [2.45, 2.75) is 46.0 Å². The number of aromatic nitrogens is 1. The summed E-state index contributed by atoms with van der Waals surface area (Å²) in [5.41, 5.74) is 4.58. The van der Waals surface area contributed by atoms with E-state index in [-0.39, 0.29) is 0 Å². The van der Waals surface area contributed by atoms with Crippen LogP contribution in [0.4, 0.5) is 5.82 Å². The number of pyridine rings is 1. The predicted octanol–water partition coefficient (Wildman–Crippen LogP) is 6.18. The van der Waals surface area contributed by atoms with Crippen LogP contribution in [-0.2, 0) is 11.2 Å². The maximum absolute atomic E-state index is 11.3. The van der Waals surface area contributed by atoms with Crippen molar-refractivity contribution in [1.29, 1.82) is 0 Å². The molecule has 3 aromatic rings. The molecule has 1 unspecified atom stereocenters. The first-order chi connectivity index (χ1) is 14.5. The van der Waals surface area contributed by atoms with Crippen LogP contribution >= 0.6 is 0 Å². The molecule has 0 aliphatic carbocycles. The minimum absolute atomic E-state index is 0.414. The first-order valence-corrected chi connectivity index (χ1v) is 10.9. The number of rotatable bonds is 10. The number of anilines is 1. The zero-order chi connectivity index (χ0) is 21.5. The molecule has 0 fully saturated rings. The highest BCUT2D eigenvalue weighted by Gasteiger charge is 2.17. The number of aryl methyl sites for hydroxylation is 1. The van der Waals surface area contributed by atoms with Gasteiger partial charge in [-0.3, -0.25) is 4.79 Å². The molecule has 0 amide bonds. The number of unbranched alkanes of at least 4 members (excludes halogenated alkanes) is 3. The van der Waals surface area contributed by atoms with Crippen LogP contribution in [0, 0.1) is 5.92 Å². The summed E-state index contributed by atoms with van der Waals surface area (Å²) in [6.07, 6.45) is 6.10. The van der Waals surface area contributed by atoms with Crippen LogP contribution in [0.1, 0.15) is 45.1 Å². The van der Waals surface area contributed by atoms with Crippen LogP contribution in [0.5, 0.6) is 0 Å². The Hall–Kier alpha value is -2.88. The highest BCUT2D eigenvalue weighted by atomic mass is 16.4. The third-order valence-corrected chi connectivity index (χ3v) is 5.62. The molecule has 3 rings (SSSR count). The van der Waals surface area contributed by atoms with Gasteiger partial charge in [0.1, 0.15) is 5.82 Å². The average Bonchev–Trinajstić information content (AvgIpc) is 2.76. The molecule has 158 valence electrons. The molecule has 0 spiro atoms. The summed E-state index contributed by atoms with van der Waals surface area (Å²) in [6, 6.07) is 19.0. The van der Waals surface area contributed by atoms with E-state index in [4.69, 9.17) is 4.98 Å². The summed E-state index contributed by atoms with van der Waals surface area (Å²) in [5.74, 6) is -0.457. The normalized spacial score (nSPS) is 12.1. The number of fused-ring (bicyclic) bond motifs is 1. The number of hydrogen-bond donors (Lipinski definition) is 1. The molecule has 0 radical (unpaired) electrons. The van der Waals surface area contributed by atoms with Gasteiger partial charge in [0.05, 0.1) is 11.4 Å². The van der Waals surface area contributed by atoms with E-state index < -0.39 is 11.9 Å². The molecule has 0 aliphatic rings. The first-order valence-electron chi connectivity index (χ1n) is 10.9. The van der Waals surface area contributed by atoms with Crippen LogP contribution < -0.4 is 4.90 Å². The Morgan fingerprint density at radius 1 is 1.07 bits per heavy atom. The molecule has 0 saturated heterocycles. The van der Waals surface area contributed by atoms with Crippen molar-refractivity contribution in [3.05, 3.63) is 60.2 Å². The highest BCUT2D eigenvalue weighted by molar-refractivity contribution is 5.96. The highest BCUT2D eigenvalue weighted by Crippen LogP contribution is 2.32. The Morgan fingerprint density at radius 2 is 1.83 bits per heavy atom. The zero-order valence-corrected chi connectivity index (χ0v) is 18.3. The number of nitrogens with zero attached hydrogens (tertiary/aromatic N) is 2. The lowest BCUT2D eigenvalue weighted by Crippen LogP contribution is -2.29. The lowest BCUT2D eigenvalue weighted by atomic mass is 9.97. The van der Waals surface area contributed by atoms with Crippen molar-refractivity contribution in [3.63, 3.8) is 0 Å². The maximum atomic E-state index is 11.3. The largest absolute Gasteiger partial charge is 0.481 e. The van der Waals surface area contributed by atoms with Gasteiger partial charge in [-0.2, -0.15) is 0 Å². The van der Waals surface area contributed by atoms with Crippen molar-refractivity contribution in [2.24, 2.45) is 5.92 Å². The molecule has 1 atom stereocenters. The smallest absolute Gasteiger partial charge is 0.308 e. The van der Waals surface area contributed by atoms with Crippen molar-refractivity contribution in [2.75, 3.05) is 18.5 Å². The van der Waals surface area contributed by atoms with E-state index in [1.54, 1.807) is 6.92 Å². The van der Waals surface area contributed by atoms with E-state index in [0.29, 0.717) is 6.54 Å². The van der Waals surface area contributed by atoms with Crippen molar-refractivity contribution in [3.8, 4) is 11.1 Å². The second-order valence-corrected chi connectivity index (χ2v) is 8.18. The fourth-order valence-corrected chi connectivity index (χ4v) is 3.80. The van der Waals surface area contributed by atoms with E-state index in [0.717, 1.165) is 34.3 Å². The van der Waals surface area contributed by atoms with Gasteiger partial charge in [-0.1, -0.05) is 69.5 Å². The number of benzene rings is 2. The summed E-state index contributed by atoms with van der Waals surface area (Å²) in [7, 11) is 1.91. The number of carboxylic acid groups (broad SMARTS) is 1. The van der Waals surface area contributed by atoms with Gasteiger partial charge in [0.2, 0.25) is 0 Å². The van der Waals surface area contributed by atoms with Crippen molar-refractivity contribution < 1.29 is 9.90 Å². The molecule has 0 aliphatic heterocycles. The fraction of sp³-hybridized carbons (Fsp3) is 0.385. The number of carboxylic acids is 1. The first kappa shape index (κ1) is 21.8. The van der Waals surface area contributed by atoms with Crippen LogP contribution in [0.15, 0.2) is 54.6 Å². The average molecular weight is 405 g/mol. The summed E-state index contributed by atoms with van der Waals surface area (Å²) in [5, 5.41) is 10.4. The van der Waals surface area contributed by atoms with E-state index in [9.17, 15) is 9.90 Å². The third-order valence-electron chi connectivity index (χ3n) is 5.62. The van der Waals surface area contributed by atoms with Gasteiger partial charge in [-0.05, 0) is 47.7 Å². The van der Waals surface area contributed by atoms with Crippen LogP contribution in [-0.4, -0.2) is 29.7 Å². The molecular weight excluding hydrogens is 372 g/mol. The van der Waals surface area contributed by atoms with Crippen LogP contribution in [0.25, 0.3) is 22.0 Å². The quantitative estimate of drug-likeness (QED) is 0.410. The van der Waals surface area contributed by atoms with E-state index in [2.05, 4.69) is 43.3 Å². The van der Waals surface area contributed by atoms with E-state index in [1.807, 2.05) is 30.1 Å². The molecule has 1 heterocycles. The molecule has 1 aromatic heterocycles. The van der Waals surface area contributed by atoms with Gasteiger partial charge in [-0.15, -0.1) is 0 Å². The van der Waals surface area contributed by atoms with Gasteiger partial charge in [0, 0.05) is 19.0 Å². The Kier molecular flexibility index (Phi) is 7.45. The van der Waals surface area contributed by atoms with E-state index >= 15 is 0 Å². The molecule has 4 heteroatoms. The van der Waals surface area contributed by atoms with Crippen molar-refractivity contribution in [1.82, 2.24) is 4.98 Å². The Labute approximate surface area is 179 Å². The minimum atomic E-state index is -0.793. The summed E-state index contributed by atoms with van der Waals surface area (Å²) in [6.45, 7) is 4.38. The van der Waals surface area contributed by atoms with Crippen molar-refractivity contribution >= 4 is 22.7 Å². The number of hydrogen-bond acceptors (Lipinski definition) is 3. The third kappa shape index (κ3) is 5.38. The van der Waals surface area contributed by atoms with Gasteiger partial charge in [0.15, 0.2) is 0 Å². The second kappa shape index (κ2) is 10.2. The van der Waals surface area contributed by atoms with Crippen LogP contribution in [0.2, 0.25) is 0 Å². The van der Waals surface area contributed by atoms with Gasteiger partial charge in [0.25, 0.3) is 0 Å². The maximum Gasteiger partial charge on any atom is 0.308 e. The van der Waals surface area contributed by atoms with Gasteiger partial charge >= 0.3 is 5.97 Å². The lowest BCUT2D eigenvalue weighted by Gasteiger charge is -2.22. The zero-order valence-electron chi connectivity index (χ0n) is 18.3. The molecular formula is C26H32N2O2. The van der Waals surface area contributed by atoms with E-state index in [1.165, 1.54) is 31.2 Å². The monoisotopic (exact) mass is 404 g/mol. The Bertz CT molecular complexity index is 985. The second-order valence-electron chi connectivity index (χ2n) is 8.18. The van der Waals surface area contributed by atoms with Crippen LogP contribution in [0.3, 0.4) is 0 Å². The summed E-state index contributed by atoms with van der Waals surface area (Å²) < 4.78 is 0. The molecule has 30 heavy (non-hydrogen) atoms. The topological polar surface area (TPSA) is 53.4 Å².